The summed E-state index contributed by atoms with van der Waals surface area (Å²) in [7, 11) is 0. The second-order valence-electron chi connectivity index (χ2n) is 3.11. The molecule has 4 heteroatoms. The lowest BCUT2D eigenvalue weighted by Gasteiger charge is -1.86. The van der Waals surface area contributed by atoms with Crippen LogP contribution in [0, 0.1) is 13.8 Å². The Kier molecular flexibility index (Phi) is 5.63. The Morgan fingerprint density at radius 3 is 2.00 bits per heavy atom. The summed E-state index contributed by atoms with van der Waals surface area (Å²) in [5.41, 5.74) is 0. The van der Waals surface area contributed by atoms with Crippen molar-refractivity contribution in [2.45, 2.75) is 23.8 Å². The molecule has 88 valence electrons. The summed E-state index contributed by atoms with van der Waals surface area (Å²) >= 11 is 3.33. The maximum absolute atomic E-state index is 5.20. The highest BCUT2D eigenvalue weighted by Gasteiger charge is 1.95. The smallest absolute Gasteiger partial charge is 0.160 e. The van der Waals surface area contributed by atoms with E-state index in [1.807, 2.05) is 44.6 Å². The molecule has 2 rings (SSSR count). The largest absolute Gasteiger partial charge is 0.468 e. The molecule has 0 aromatic carbocycles. The lowest BCUT2D eigenvalue weighted by Crippen LogP contribution is -1.63. The molecule has 0 saturated carbocycles. The van der Waals surface area contributed by atoms with Gasteiger partial charge in [-0.05, 0) is 44.6 Å². The number of hydrogen-bond acceptors (Lipinski definition) is 4. The lowest BCUT2D eigenvalue weighted by molar-refractivity contribution is 0.449. The van der Waals surface area contributed by atoms with Crippen LogP contribution in [0.4, 0.5) is 0 Å². The van der Waals surface area contributed by atoms with Crippen LogP contribution in [0.5, 0.6) is 0 Å². The van der Waals surface area contributed by atoms with Gasteiger partial charge in [-0.2, -0.15) is 0 Å². The van der Waals surface area contributed by atoms with E-state index in [-0.39, 0.29) is 0 Å². The predicted octanol–water partition coefficient (Wildman–Crippen LogP) is 4.62. The van der Waals surface area contributed by atoms with Crippen LogP contribution in [0.15, 0.2) is 43.3 Å². The van der Waals surface area contributed by atoms with Crippen molar-refractivity contribution in [1.82, 2.24) is 0 Å². The van der Waals surface area contributed by atoms with E-state index in [1.165, 1.54) is 4.90 Å². The van der Waals surface area contributed by atoms with Crippen molar-refractivity contribution < 1.29 is 8.83 Å². The zero-order valence-electron chi connectivity index (χ0n) is 9.94. The molecule has 0 N–H and O–H groups in total. The van der Waals surface area contributed by atoms with Crippen LogP contribution in [0.1, 0.15) is 11.5 Å². The van der Waals surface area contributed by atoms with Crippen molar-refractivity contribution in [2.24, 2.45) is 0 Å². The number of furan rings is 2. The van der Waals surface area contributed by atoms with Crippen molar-refractivity contribution in [3.8, 4) is 0 Å². The molecule has 0 fully saturated rings. The molecular formula is C12H16O2S2. The van der Waals surface area contributed by atoms with Gasteiger partial charge in [0.25, 0.3) is 0 Å². The molecule has 0 aliphatic rings. The molecule has 0 spiro atoms. The Morgan fingerprint density at radius 2 is 1.75 bits per heavy atom. The van der Waals surface area contributed by atoms with E-state index < -0.39 is 0 Å². The highest BCUT2D eigenvalue weighted by molar-refractivity contribution is 7.98. The first kappa shape index (κ1) is 13.3. The molecular weight excluding hydrogens is 240 g/mol. The first-order valence-electron chi connectivity index (χ1n) is 4.86. The van der Waals surface area contributed by atoms with E-state index in [2.05, 4.69) is 0 Å². The second-order valence-corrected chi connectivity index (χ2v) is 4.77. The average Bonchev–Trinajstić information content (AvgIpc) is 2.87. The van der Waals surface area contributed by atoms with Crippen LogP contribution in [-0.4, -0.2) is 12.5 Å². The Balaban J connectivity index is 0.000000160. The number of rotatable bonds is 2. The zero-order chi connectivity index (χ0) is 12.0. The van der Waals surface area contributed by atoms with Crippen molar-refractivity contribution >= 4 is 23.5 Å². The molecule has 0 radical (unpaired) electrons. The third-order valence-corrected chi connectivity index (χ3v) is 3.43. The van der Waals surface area contributed by atoms with Crippen LogP contribution in [0.3, 0.4) is 0 Å². The Labute approximate surface area is 105 Å². The summed E-state index contributed by atoms with van der Waals surface area (Å²) in [6, 6.07) is 5.91. The van der Waals surface area contributed by atoms with Crippen LogP contribution in [-0.2, 0) is 0 Å². The molecule has 0 unspecified atom stereocenters. The molecule has 0 atom stereocenters. The molecule has 2 heterocycles. The minimum Gasteiger partial charge on any atom is -0.468 e. The van der Waals surface area contributed by atoms with Crippen molar-refractivity contribution in [2.75, 3.05) is 12.5 Å². The van der Waals surface area contributed by atoms with Gasteiger partial charge < -0.3 is 8.83 Å². The molecule has 2 aromatic heterocycles. The lowest BCUT2D eigenvalue weighted by atomic mass is 10.5. The van der Waals surface area contributed by atoms with E-state index >= 15 is 0 Å². The molecule has 2 nitrogen and oxygen atoms in total. The Morgan fingerprint density at radius 1 is 1.00 bits per heavy atom. The van der Waals surface area contributed by atoms with Crippen LogP contribution in [0.2, 0.25) is 0 Å². The predicted molar refractivity (Wildman–Crippen MR) is 70.5 cm³/mol. The van der Waals surface area contributed by atoms with Gasteiger partial charge in [0.1, 0.15) is 11.5 Å². The monoisotopic (exact) mass is 256 g/mol. The average molecular weight is 256 g/mol. The van der Waals surface area contributed by atoms with Crippen molar-refractivity contribution in [3.05, 3.63) is 36.0 Å². The molecule has 2 aromatic rings. The fourth-order valence-corrected chi connectivity index (χ4v) is 2.05. The SMILES string of the molecule is CSc1ccc(C)o1.CSc1ccoc1C. The minimum absolute atomic E-state index is 0.981. The summed E-state index contributed by atoms with van der Waals surface area (Å²) in [4.78, 5) is 1.23. The fraction of sp³-hybridized carbons (Fsp3) is 0.333. The standard InChI is InChI=1S/2C6H8OS/c1-5-6(8-2)3-4-7-5;1-5-3-4-6(7-5)8-2/h2*3-4H,1-2H3. The first-order valence-corrected chi connectivity index (χ1v) is 7.31. The maximum atomic E-state index is 5.20. The van der Waals surface area contributed by atoms with Gasteiger partial charge in [-0.25, -0.2) is 0 Å². The summed E-state index contributed by atoms with van der Waals surface area (Å²) in [5, 5.41) is 0.988. The molecule has 0 amide bonds. The number of hydrogen-bond donors (Lipinski definition) is 0. The van der Waals surface area contributed by atoms with Crippen LogP contribution in [0.25, 0.3) is 0 Å². The molecule has 0 saturated heterocycles. The van der Waals surface area contributed by atoms with Gasteiger partial charge in [-0.3, -0.25) is 0 Å². The van der Waals surface area contributed by atoms with Gasteiger partial charge in [0, 0.05) is 4.90 Å². The van der Waals surface area contributed by atoms with E-state index in [4.69, 9.17) is 8.83 Å². The van der Waals surface area contributed by atoms with Gasteiger partial charge in [-0.15, -0.1) is 11.8 Å². The van der Waals surface area contributed by atoms with Crippen molar-refractivity contribution in [3.63, 3.8) is 0 Å². The van der Waals surface area contributed by atoms with E-state index in [1.54, 1.807) is 29.8 Å². The third-order valence-electron chi connectivity index (χ3n) is 1.95. The quantitative estimate of drug-likeness (QED) is 0.732. The summed E-state index contributed by atoms with van der Waals surface area (Å²) < 4.78 is 10.2. The van der Waals surface area contributed by atoms with E-state index in [9.17, 15) is 0 Å². The summed E-state index contributed by atoms with van der Waals surface area (Å²) in [6.07, 6.45) is 5.75. The van der Waals surface area contributed by atoms with Crippen LogP contribution >= 0.6 is 23.5 Å². The van der Waals surface area contributed by atoms with Gasteiger partial charge >= 0.3 is 0 Å². The molecule has 0 bridgehead atoms. The van der Waals surface area contributed by atoms with Crippen molar-refractivity contribution in [1.29, 1.82) is 0 Å². The fourth-order valence-electron chi connectivity index (χ4n) is 1.11. The van der Waals surface area contributed by atoms with Gasteiger partial charge in [0.05, 0.1) is 6.26 Å². The molecule has 16 heavy (non-hydrogen) atoms. The van der Waals surface area contributed by atoms with Gasteiger partial charge in [0.2, 0.25) is 0 Å². The summed E-state index contributed by atoms with van der Waals surface area (Å²) in [5.74, 6) is 1.99. The van der Waals surface area contributed by atoms with Crippen LogP contribution < -0.4 is 0 Å². The van der Waals surface area contributed by atoms with Gasteiger partial charge in [-0.1, -0.05) is 11.8 Å². The minimum atomic E-state index is 0.981. The number of aryl methyl sites for hydroxylation is 2. The van der Waals surface area contributed by atoms with E-state index in [0.29, 0.717) is 0 Å². The maximum Gasteiger partial charge on any atom is 0.160 e. The van der Waals surface area contributed by atoms with Gasteiger partial charge in [0.15, 0.2) is 5.09 Å². The number of thioether (sulfide) groups is 2. The molecule has 0 aliphatic heterocycles. The topological polar surface area (TPSA) is 26.3 Å². The zero-order valence-corrected chi connectivity index (χ0v) is 11.6. The normalized spacial score (nSPS) is 9.75. The Hall–Kier alpha value is -0.740. The first-order chi connectivity index (χ1) is 7.67. The Bertz CT molecular complexity index is 418. The third kappa shape index (κ3) is 4.02. The molecule has 0 aliphatic carbocycles. The highest BCUT2D eigenvalue weighted by atomic mass is 32.2. The second kappa shape index (κ2) is 6.76. The van der Waals surface area contributed by atoms with E-state index in [0.717, 1.165) is 16.6 Å². The summed E-state index contributed by atoms with van der Waals surface area (Å²) in [6.45, 7) is 3.91. The highest BCUT2D eigenvalue weighted by Crippen LogP contribution is 2.19.